The van der Waals surface area contributed by atoms with Crippen LogP contribution >= 0.6 is 0 Å². The Kier molecular flexibility index (Phi) is 7.54. The Morgan fingerprint density at radius 2 is 1.79 bits per heavy atom. The number of esters is 2. The molecule has 1 N–H and O–H groups in total. The van der Waals surface area contributed by atoms with Crippen LogP contribution in [0.2, 0.25) is 0 Å². The third kappa shape index (κ3) is 4.88. The molecule has 184 valence electrons. The molecule has 0 unspecified atom stereocenters. The van der Waals surface area contributed by atoms with Crippen molar-refractivity contribution in [2.45, 2.75) is 31.8 Å². The van der Waals surface area contributed by atoms with E-state index in [2.05, 4.69) is 4.98 Å². The molecule has 1 saturated heterocycles. The van der Waals surface area contributed by atoms with Gasteiger partial charge in [0.1, 0.15) is 10.7 Å². The lowest BCUT2D eigenvalue weighted by Crippen LogP contribution is -2.41. The minimum absolute atomic E-state index is 0.0600. The van der Waals surface area contributed by atoms with E-state index in [4.69, 9.17) is 14.2 Å². The first-order valence-corrected chi connectivity index (χ1v) is 11.8. The number of Topliss-reactive ketones (excluding diaryl/α,β-unsaturated/α-hetero) is 1. The van der Waals surface area contributed by atoms with Crippen molar-refractivity contribution in [3.8, 4) is 0 Å². The number of ketones is 1. The predicted molar refractivity (Wildman–Crippen MR) is 117 cm³/mol. The van der Waals surface area contributed by atoms with Gasteiger partial charge >= 0.3 is 11.9 Å². The van der Waals surface area contributed by atoms with Gasteiger partial charge in [0.05, 0.1) is 37.1 Å². The second kappa shape index (κ2) is 10.0. The van der Waals surface area contributed by atoms with E-state index in [0.717, 1.165) is 22.5 Å². The predicted octanol–water partition coefficient (Wildman–Crippen LogP) is 2.01. The van der Waals surface area contributed by atoms with E-state index < -0.39 is 44.6 Å². The fraction of sp³-hybridized carbons (Fsp3) is 0.409. The van der Waals surface area contributed by atoms with Crippen LogP contribution < -0.4 is 0 Å². The Morgan fingerprint density at radius 1 is 1.15 bits per heavy atom. The van der Waals surface area contributed by atoms with Crippen LogP contribution in [0.15, 0.2) is 23.1 Å². The summed E-state index contributed by atoms with van der Waals surface area (Å²) < 4.78 is 56.2. The van der Waals surface area contributed by atoms with Gasteiger partial charge in [0.25, 0.3) is 0 Å². The number of benzene rings is 1. The van der Waals surface area contributed by atoms with Gasteiger partial charge < -0.3 is 19.2 Å². The third-order valence-electron chi connectivity index (χ3n) is 5.48. The Labute approximate surface area is 196 Å². The van der Waals surface area contributed by atoms with E-state index in [0.29, 0.717) is 11.3 Å². The number of nitrogens with one attached hydrogen (secondary N) is 1. The molecular formula is C22H25FN2O8S. The zero-order valence-electron chi connectivity index (χ0n) is 19.1. The van der Waals surface area contributed by atoms with Crippen LogP contribution in [-0.2, 0) is 24.2 Å². The van der Waals surface area contributed by atoms with Crippen LogP contribution in [0.5, 0.6) is 0 Å². The van der Waals surface area contributed by atoms with E-state index in [1.165, 1.54) is 14.0 Å². The van der Waals surface area contributed by atoms with Crippen LogP contribution in [-0.4, -0.2) is 74.9 Å². The summed E-state index contributed by atoms with van der Waals surface area (Å²) in [5, 5.41) is 0. The van der Waals surface area contributed by atoms with Crippen molar-refractivity contribution in [3.63, 3.8) is 0 Å². The lowest BCUT2D eigenvalue weighted by molar-refractivity contribution is 0.0316. The first kappa shape index (κ1) is 25.5. The van der Waals surface area contributed by atoms with Gasteiger partial charge in [0, 0.05) is 18.8 Å². The summed E-state index contributed by atoms with van der Waals surface area (Å²) in [5.41, 5.74) is 0.817. The molecule has 1 aliphatic rings. The van der Waals surface area contributed by atoms with E-state index in [1.54, 1.807) is 13.8 Å². The summed E-state index contributed by atoms with van der Waals surface area (Å²) in [4.78, 5) is 39.6. The molecule has 0 saturated carbocycles. The first-order valence-electron chi connectivity index (χ1n) is 10.4. The normalized spacial score (nSPS) is 15.6. The molecule has 1 aromatic carbocycles. The quantitative estimate of drug-likeness (QED) is 0.455. The largest absolute Gasteiger partial charge is 0.465 e. The fourth-order valence-corrected chi connectivity index (χ4v) is 5.14. The maximum Gasteiger partial charge on any atom is 0.339 e. The number of aromatic amines is 1. The zero-order chi connectivity index (χ0) is 25.2. The van der Waals surface area contributed by atoms with Crippen LogP contribution in [0.4, 0.5) is 4.39 Å². The van der Waals surface area contributed by atoms with Crippen LogP contribution in [0.1, 0.15) is 49.4 Å². The van der Waals surface area contributed by atoms with Gasteiger partial charge in [-0.3, -0.25) is 4.79 Å². The van der Waals surface area contributed by atoms with Crippen LogP contribution in [0.3, 0.4) is 0 Å². The highest BCUT2D eigenvalue weighted by atomic mass is 32.2. The topological polar surface area (TPSA) is 132 Å². The summed E-state index contributed by atoms with van der Waals surface area (Å²) >= 11 is 0. The second-order valence-corrected chi connectivity index (χ2v) is 9.60. The Hall–Kier alpha value is -3.09. The number of halogens is 1. The van der Waals surface area contributed by atoms with Crippen molar-refractivity contribution in [1.82, 2.24) is 9.29 Å². The first-order chi connectivity index (χ1) is 16.0. The van der Waals surface area contributed by atoms with Crippen molar-refractivity contribution in [2.75, 3.05) is 33.4 Å². The van der Waals surface area contributed by atoms with Crippen molar-refractivity contribution >= 4 is 27.7 Å². The van der Waals surface area contributed by atoms with E-state index in [1.807, 2.05) is 0 Å². The van der Waals surface area contributed by atoms with Gasteiger partial charge in [-0.25, -0.2) is 22.4 Å². The third-order valence-corrected chi connectivity index (χ3v) is 7.39. The zero-order valence-corrected chi connectivity index (χ0v) is 20.0. The number of carbonyl (C=O) groups is 3. The molecule has 12 heteroatoms. The van der Waals surface area contributed by atoms with Crippen molar-refractivity contribution in [3.05, 3.63) is 52.1 Å². The number of H-pyrrole nitrogens is 1. The smallest absolute Gasteiger partial charge is 0.339 e. The summed E-state index contributed by atoms with van der Waals surface area (Å²) in [6, 6.07) is 2.82. The number of carbonyl (C=O) groups excluding carboxylic acids is 3. The number of ether oxygens (including phenoxy) is 3. The maximum atomic E-state index is 14.4. The molecule has 2 heterocycles. The van der Waals surface area contributed by atoms with Gasteiger partial charge in [-0.15, -0.1) is 0 Å². The molecule has 10 nitrogen and oxygen atoms in total. The number of morpholine rings is 1. The number of hydrogen-bond acceptors (Lipinski definition) is 8. The van der Waals surface area contributed by atoms with Gasteiger partial charge in [0.2, 0.25) is 15.8 Å². The standard InChI is InChI=1S/C22H25FN2O8S/c1-12-18(22(28)31-4)13(2)24-19(12)20(26)14(3)33-21(27)15-5-6-16(23)17(11-15)34(29,30)25-7-9-32-10-8-25/h5-6,11,14,24H,7-10H2,1-4H3/t14-/m0/s1. The molecule has 34 heavy (non-hydrogen) atoms. The highest BCUT2D eigenvalue weighted by Crippen LogP contribution is 2.24. The molecule has 1 aliphatic heterocycles. The van der Waals surface area contributed by atoms with Crippen LogP contribution in [0.25, 0.3) is 0 Å². The SMILES string of the molecule is COC(=O)c1c(C)[nH]c(C(=O)[C@H](C)OC(=O)c2ccc(F)c(S(=O)(=O)N3CCOCC3)c2)c1C. The molecular weight excluding hydrogens is 471 g/mol. The van der Waals surface area contributed by atoms with Gasteiger partial charge in [-0.1, -0.05) is 0 Å². The molecule has 0 amide bonds. The monoisotopic (exact) mass is 496 g/mol. The highest BCUT2D eigenvalue weighted by Gasteiger charge is 2.31. The van der Waals surface area contributed by atoms with Crippen LogP contribution in [0, 0.1) is 19.7 Å². The number of aryl methyl sites for hydroxylation is 1. The second-order valence-electron chi connectivity index (χ2n) is 7.69. The van der Waals surface area contributed by atoms with E-state index in [9.17, 15) is 27.2 Å². The summed E-state index contributed by atoms with van der Waals surface area (Å²) in [6.45, 7) is 4.97. The van der Waals surface area contributed by atoms with Crippen molar-refractivity contribution < 1.29 is 41.4 Å². The average molecular weight is 497 g/mol. The van der Waals surface area contributed by atoms with Gasteiger partial charge in [-0.2, -0.15) is 4.31 Å². The van der Waals surface area contributed by atoms with Crippen molar-refractivity contribution in [1.29, 1.82) is 0 Å². The Morgan fingerprint density at radius 3 is 2.41 bits per heavy atom. The average Bonchev–Trinajstić information content (AvgIpc) is 3.12. The summed E-state index contributed by atoms with van der Waals surface area (Å²) in [7, 11) is -2.98. The minimum atomic E-state index is -4.20. The van der Waals surface area contributed by atoms with Crippen molar-refractivity contribution in [2.24, 2.45) is 0 Å². The van der Waals surface area contributed by atoms with E-state index >= 15 is 0 Å². The molecule has 3 rings (SSSR count). The maximum absolute atomic E-state index is 14.4. The lowest BCUT2D eigenvalue weighted by atomic mass is 10.1. The Bertz CT molecular complexity index is 1230. The number of rotatable bonds is 7. The van der Waals surface area contributed by atoms with E-state index in [-0.39, 0.29) is 43.1 Å². The lowest BCUT2D eigenvalue weighted by Gasteiger charge is -2.26. The van der Waals surface area contributed by atoms with Gasteiger partial charge in [-0.05, 0) is 44.5 Å². The fourth-order valence-electron chi connectivity index (χ4n) is 3.64. The molecule has 0 bridgehead atoms. The molecule has 2 aromatic rings. The molecule has 0 spiro atoms. The minimum Gasteiger partial charge on any atom is -0.465 e. The number of methoxy groups -OCH3 is 1. The van der Waals surface area contributed by atoms with Gasteiger partial charge in [0.15, 0.2) is 6.10 Å². The molecule has 1 aromatic heterocycles. The molecule has 0 aliphatic carbocycles. The Balaban J connectivity index is 1.81. The molecule has 1 atom stereocenters. The number of hydrogen-bond donors (Lipinski definition) is 1. The highest BCUT2D eigenvalue weighted by molar-refractivity contribution is 7.89. The number of aromatic nitrogens is 1. The molecule has 0 radical (unpaired) electrons. The number of nitrogens with zero attached hydrogens (tertiary/aromatic N) is 1. The summed E-state index contributed by atoms with van der Waals surface area (Å²) in [6.07, 6.45) is -1.28. The molecule has 1 fully saturated rings. The summed E-state index contributed by atoms with van der Waals surface area (Å²) in [5.74, 6) is -3.24. The number of sulfonamides is 1.